The highest BCUT2D eigenvalue weighted by Gasteiger charge is 2.15. The van der Waals surface area contributed by atoms with Gasteiger partial charge < -0.3 is 15.3 Å². The molecule has 1 heterocycles. The van der Waals surface area contributed by atoms with Gasteiger partial charge >= 0.3 is 0 Å². The van der Waals surface area contributed by atoms with E-state index in [1.54, 1.807) is 6.26 Å². The van der Waals surface area contributed by atoms with Gasteiger partial charge in [-0.25, -0.2) is 0 Å². The van der Waals surface area contributed by atoms with E-state index >= 15 is 0 Å². The highest BCUT2D eigenvalue weighted by Crippen LogP contribution is 2.07. The van der Waals surface area contributed by atoms with Gasteiger partial charge in [0.2, 0.25) is 0 Å². The van der Waals surface area contributed by atoms with Crippen molar-refractivity contribution >= 4 is 10.8 Å². The van der Waals surface area contributed by atoms with E-state index in [9.17, 15) is 9.32 Å². The van der Waals surface area contributed by atoms with Crippen LogP contribution < -0.4 is 5.32 Å². The summed E-state index contributed by atoms with van der Waals surface area (Å²) in [5, 5.41) is 12.8. The molecule has 4 nitrogen and oxygen atoms in total. The second-order valence-corrected chi connectivity index (χ2v) is 5.70. The number of aliphatic hydroxyl groups excluding tert-OH is 1. The van der Waals surface area contributed by atoms with Crippen molar-refractivity contribution < 1.29 is 9.32 Å². The molecule has 0 saturated carbocycles. The standard InChI is InChI=1S/C10H22N2O2S/c1-15(14)7-4-11-8-10(13)9-12-5-2-3-6-12/h10-11,13H,2-9H2,1H3. The van der Waals surface area contributed by atoms with Crippen molar-refractivity contribution in [3.8, 4) is 0 Å². The van der Waals surface area contributed by atoms with Crippen LogP contribution in [0.3, 0.4) is 0 Å². The first kappa shape index (κ1) is 13.1. The molecule has 1 fully saturated rings. The van der Waals surface area contributed by atoms with Crippen LogP contribution in [0.15, 0.2) is 0 Å². The first-order valence-electron chi connectivity index (χ1n) is 5.59. The SMILES string of the molecule is CS(=O)CCNCC(O)CN1CCCC1. The number of hydrogen-bond donors (Lipinski definition) is 2. The van der Waals surface area contributed by atoms with Gasteiger partial charge in [-0.05, 0) is 25.9 Å². The van der Waals surface area contributed by atoms with E-state index in [0.29, 0.717) is 12.3 Å². The Balaban J connectivity index is 1.97. The summed E-state index contributed by atoms with van der Waals surface area (Å²) in [5.74, 6) is 0.663. The van der Waals surface area contributed by atoms with E-state index in [-0.39, 0.29) is 6.10 Å². The minimum atomic E-state index is -0.739. The molecule has 2 unspecified atom stereocenters. The van der Waals surface area contributed by atoms with Crippen molar-refractivity contribution in [1.29, 1.82) is 0 Å². The van der Waals surface area contributed by atoms with Crippen molar-refractivity contribution in [1.82, 2.24) is 10.2 Å². The maximum absolute atomic E-state index is 10.8. The van der Waals surface area contributed by atoms with Crippen LogP contribution in [-0.4, -0.2) is 65.1 Å². The fraction of sp³-hybridized carbons (Fsp3) is 1.00. The average molecular weight is 234 g/mol. The van der Waals surface area contributed by atoms with Crippen LogP contribution in [0.2, 0.25) is 0 Å². The van der Waals surface area contributed by atoms with Crippen LogP contribution in [0.4, 0.5) is 0 Å². The molecule has 2 N–H and O–H groups in total. The van der Waals surface area contributed by atoms with Crippen molar-refractivity contribution in [2.45, 2.75) is 18.9 Å². The molecule has 0 spiro atoms. The number of β-amino-alcohol motifs (C(OH)–C–C–N with tert-alkyl or cyclic N) is 1. The van der Waals surface area contributed by atoms with Crippen LogP contribution in [0, 0.1) is 0 Å². The fourth-order valence-electron chi connectivity index (χ4n) is 1.81. The third-order valence-corrected chi connectivity index (χ3v) is 3.39. The van der Waals surface area contributed by atoms with Crippen molar-refractivity contribution in [3.05, 3.63) is 0 Å². The lowest BCUT2D eigenvalue weighted by Crippen LogP contribution is -2.38. The second-order valence-electron chi connectivity index (χ2n) is 4.14. The maximum Gasteiger partial charge on any atom is 0.0791 e. The van der Waals surface area contributed by atoms with Crippen LogP contribution in [0.25, 0.3) is 0 Å². The van der Waals surface area contributed by atoms with E-state index in [1.165, 1.54) is 12.8 Å². The molecule has 5 heteroatoms. The zero-order valence-electron chi connectivity index (χ0n) is 9.45. The zero-order chi connectivity index (χ0) is 11.1. The van der Waals surface area contributed by atoms with Gasteiger partial charge in [0.15, 0.2) is 0 Å². The summed E-state index contributed by atoms with van der Waals surface area (Å²) >= 11 is 0. The Morgan fingerprint density at radius 3 is 2.73 bits per heavy atom. The molecular weight excluding hydrogens is 212 g/mol. The fourth-order valence-corrected chi connectivity index (χ4v) is 2.24. The van der Waals surface area contributed by atoms with Crippen molar-refractivity contribution in [3.63, 3.8) is 0 Å². The Labute approximate surface area is 94.5 Å². The van der Waals surface area contributed by atoms with Gasteiger partial charge in [-0.2, -0.15) is 0 Å². The van der Waals surface area contributed by atoms with Gasteiger partial charge in [-0.3, -0.25) is 4.21 Å². The molecule has 2 atom stereocenters. The van der Waals surface area contributed by atoms with Gasteiger partial charge in [0.25, 0.3) is 0 Å². The van der Waals surface area contributed by atoms with Gasteiger partial charge in [0, 0.05) is 42.4 Å². The molecule has 0 aromatic heterocycles. The van der Waals surface area contributed by atoms with Gasteiger partial charge in [0.05, 0.1) is 6.10 Å². The third-order valence-electron chi connectivity index (χ3n) is 2.61. The number of nitrogens with one attached hydrogen (secondary N) is 1. The summed E-state index contributed by atoms with van der Waals surface area (Å²) in [7, 11) is -0.739. The van der Waals surface area contributed by atoms with Gasteiger partial charge in [-0.1, -0.05) is 0 Å². The Morgan fingerprint density at radius 2 is 2.13 bits per heavy atom. The van der Waals surface area contributed by atoms with Crippen LogP contribution >= 0.6 is 0 Å². The molecule has 90 valence electrons. The summed E-state index contributed by atoms with van der Waals surface area (Å²) in [6, 6.07) is 0. The smallest absolute Gasteiger partial charge is 0.0791 e. The van der Waals surface area contributed by atoms with Crippen LogP contribution in [-0.2, 0) is 10.8 Å². The first-order chi connectivity index (χ1) is 7.18. The van der Waals surface area contributed by atoms with Gasteiger partial charge in [-0.15, -0.1) is 0 Å². The highest BCUT2D eigenvalue weighted by atomic mass is 32.2. The van der Waals surface area contributed by atoms with E-state index in [0.717, 1.165) is 26.2 Å². The summed E-state index contributed by atoms with van der Waals surface area (Å²) in [6.07, 6.45) is 3.92. The zero-order valence-corrected chi connectivity index (χ0v) is 10.3. The average Bonchev–Trinajstić information content (AvgIpc) is 2.64. The lowest BCUT2D eigenvalue weighted by atomic mass is 10.3. The number of nitrogens with zero attached hydrogens (tertiary/aromatic N) is 1. The molecule has 1 aliphatic rings. The topological polar surface area (TPSA) is 52.6 Å². The molecule has 0 aliphatic carbocycles. The Kier molecular flexibility index (Phi) is 6.40. The molecule has 15 heavy (non-hydrogen) atoms. The molecular formula is C10H22N2O2S. The van der Waals surface area contributed by atoms with Crippen molar-refractivity contribution in [2.75, 3.05) is 44.7 Å². The number of hydrogen-bond acceptors (Lipinski definition) is 4. The highest BCUT2D eigenvalue weighted by molar-refractivity contribution is 7.84. The van der Waals surface area contributed by atoms with Gasteiger partial charge in [0.1, 0.15) is 0 Å². The third kappa shape index (κ3) is 6.25. The van der Waals surface area contributed by atoms with E-state index in [4.69, 9.17) is 0 Å². The number of aliphatic hydroxyl groups is 1. The van der Waals surface area contributed by atoms with Crippen molar-refractivity contribution in [2.24, 2.45) is 0 Å². The molecule has 1 rings (SSSR count). The molecule has 0 aromatic rings. The minimum Gasteiger partial charge on any atom is -0.390 e. The van der Waals surface area contributed by atoms with E-state index in [2.05, 4.69) is 10.2 Å². The minimum absolute atomic E-state index is 0.298. The summed E-state index contributed by atoms with van der Waals surface area (Å²) in [5.41, 5.74) is 0. The molecule has 0 aromatic carbocycles. The van der Waals surface area contributed by atoms with E-state index < -0.39 is 10.8 Å². The molecule has 1 saturated heterocycles. The Hall–Kier alpha value is 0.0300. The number of likely N-dealkylation sites (tertiary alicyclic amines) is 1. The Bertz CT molecular complexity index is 196. The summed E-state index contributed by atoms with van der Waals surface area (Å²) in [4.78, 5) is 2.30. The molecule has 0 radical (unpaired) electrons. The molecule has 1 aliphatic heterocycles. The lowest BCUT2D eigenvalue weighted by Gasteiger charge is -2.19. The predicted octanol–water partition coefficient (Wildman–Crippen LogP) is -0.589. The largest absolute Gasteiger partial charge is 0.390 e. The Morgan fingerprint density at radius 1 is 1.47 bits per heavy atom. The van der Waals surface area contributed by atoms with Crippen LogP contribution in [0.5, 0.6) is 0 Å². The monoisotopic (exact) mass is 234 g/mol. The maximum atomic E-state index is 10.8. The normalized spacial score (nSPS) is 21.7. The summed E-state index contributed by atoms with van der Waals surface area (Å²) in [6.45, 7) is 4.34. The van der Waals surface area contributed by atoms with E-state index in [1.807, 2.05) is 0 Å². The predicted molar refractivity (Wildman–Crippen MR) is 63.5 cm³/mol. The second kappa shape index (κ2) is 7.33. The number of rotatable bonds is 7. The molecule has 0 amide bonds. The summed E-state index contributed by atoms with van der Waals surface area (Å²) < 4.78 is 10.8. The molecule has 0 bridgehead atoms. The quantitative estimate of drug-likeness (QED) is 0.578. The van der Waals surface area contributed by atoms with Crippen LogP contribution in [0.1, 0.15) is 12.8 Å². The first-order valence-corrected chi connectivity index (χ1v) is 7.32. The lowest BCUT2D eigenvalue weighted by molar-refractivity contribution is 0.124.